The van der Waals surface area contributed by atoms with Crippen molar-refractivity contribution >= 4 is 24.0 Å². The number of nitrogens with one attached hydrogen (secondary N) is 1. The van der Waals surface area contributed by atoms with E-state index in [1.165, 1.54) is 17.1 Å². The van der Waals surface area contributed by atoms with Crippen molar-refractivity contribution in [2.45, 2.75) is 0 Å². The van der Waals surface area contributed by atoms with Crippen LogP contribution in [-0.4, -0.2) is 41.0 Å². The second-order valence-corrected chi connectivity index (χ2v) is 3.63. The molecule has 0 aromatic carbocycles. The SMILES string of the molecule is CN(C)C(=O)C=Cc1c[nH]c(C=CC(=O)O)c1. The van der Waals surface area contributed by atoms with Crippen LogP contribution in [0.5, 0.6) is 0 Å². The first-order valence-electron chi connectivity index (χ1n) is 4.98. The molecule has 1 amide bonds. The normalized spacial score (nSPS) is 11.2. The molecule has 90 valence electrons. The molecule has 1 aromatic rings. The predicted octanol–water partition coefficient (Wildman–Crippen LogP) is 1.21. The summed E-state index contributed by atoms with van der Waals surface area (Å²) in [5.74, 6) is -1.10. The quantitative estimate of drug-likeness (QED) is 0.769. The molecule has 2 N–H and O–H groups in total. The van der Waals surface area contributed by atoms with E-state index in [1.54, 1.807) is 32.4 Å². The molecule has 5 heteroatoms. The van der Waals surface area contributed by atoms with Gasteiger partial charge >= 0.3 is 5.97 Å². The number of carbonyl (C=O) groups excluding carboxylic acids is 1. The van der Waals surface area contributed by atoms with E-state index < -0.39 is 5.97 Å². The van der Waals surface area contributed by atoms with Gasteiger partial charge in [0.05, 0.1) is 0 Å². The van der Waals surface area contributed by atoms with E-state index in [4.69, 9.17) is 5.11 Å². The van der Waals surface area contributed by atoms with Crippen molar-refractivity contribution in [3.63, 3.8) is 0 Å². The topological polar surface area (TPSA) is 73.4 Å². The van der Waals surface area contributed by atoms with Crippen molar-refractivity contribution < 1.29 is 14.7 Å². The Morgan fingerprint density at radius 3 is 2.59 bits per heavy atom. The molecular formula is C12H14N2O3. The molecule has 0 radical (unpaired) electrons. The molecule has 0 aliphatic heterocycles. The van der Waals surface area contributed by atoms with Gasteiger partial charge in [-0.2, -0.15) is 0 Å². The lowest BCUT2D eigenvalue weighted by Crippen LogP contribution is -2.18. The van der Waals surface area contributed by atoms with E-state index >= 15 is 0 Å². The summed E-state index contributed by atoms with van der Waals surface area (Å²) in [7, 11) is 3.34. The number of carboxylic acid groups (broad SMARTS) is 1. The molecule has 0 spiro atoms. The van der Waals surface area contributed by atoms with Crippen molar-refractivity contribution in [2.24, 2.45) is 0 Å². The van der Waals surface area contributed by atoms with Gasteiger partial charge in [-0.05, 0) is 23.8 Å². The van der Waals surface area contributed by atoms with Gasteiger partial charge in [0.1, 0.15) is 0 Å². The fourth-order valence-corrected chi connectivity index (χ4v) is 1.10. The number of carbonyl (C=O) groups is 2. The lowest BCUT2D eigenvalue weighted by molar-refractivity contribution is -0.131. The van der Waals surface area contributed by atoms with E-state index in [0.29, 0.717) is 5.69 Å². The first-order chi connectivity index (χ1) is 7.99. The van der Waals surface area contributed by atoms with E-state index in [1.807, 2.05) is 0 Å². The molecule has 0 saturated carbocycles. The minimum absolute atomic E-state index is 0.103. The largest absolute Gasteiger partial charge is 0.478 e. The number of aromatic amines is 1. The zero-order valence-corrected chi connectivity index (χ0v) is 9.68. The number of likely N-dealkylation sites (N-methyl/N-ethyl adjacent to an activating group) is 1. The summed E-state index contributed by atoms with van der Waals surface area (Å²) in [6.45, 7) is 0. The van der Waals surface area contributed by atoms with Gasteiger partial charge in [-0.25, -0.2) is 4.79 Å². The van der Waals surface area contributed by atoms with E-state index in [9.17, 15) is 9.59 Å². The molecular weight excluding hydrogens is 220 g/mol. The van der Waals surface area contributed by atoms with Crippen LogP contribution in [0.3, 0.4) is 0 Å². The Balaban J connectivity index is 2.69. The summed E-state index contributed by atoms with van der Waals surface area (Å²) < 4.78 is 0. The molecule has 0 aliphatic carbocycles. The fraction of sp³-hybridized carbons (Fsp3) is 0.167. The second-order valence-electron chi connectivity index (χ2n) is 3.63. The van der Waals surface area contributed by atoms with Crippen LogP contribution < -0.4 is 0 Å². The molecule has 0 saturated heterocycles. The Labute approximate surface area is 99.1 Å². The Hall–Kier alpha value is -2.30. The van der Waals surface area contributed by atoms with Gasteiger partial charge in [-0.1, -0.05) is 0 Å². The molecule has 0 fully saturated rings. The monoisotopic (exact) mass is 234 g/mol. The first-order valence-corrected chi connectivity index (χ1v) is 4.98. The van der Waals surface area contributed by atoms with Crippen molar-refractivity contribution in [2.75, 3.05) is 14.1 Å². The summed E-state index contributed by atoms with van der Waals surface area (Å²) in [4.78, 5) is 25.9. The highest BCUT2D eigenvalue weighted by Crippen LogP contribution is 2.07. The molecule has 17 heavy (non-hydrogen) atoms. The number of amides is 1. The number of rotatable bonds is 4. The van der Waals surface area contributed by atoms with Crippen LogP contribution >= 0.6 is 0 Å². The molecule has 0 atom stereocenters. The van der Waals surface area contributed by atoms with Gasteiger partial charge in [0.2, 0.25) is 5.91 Å². The van der Waals surface area contributed by atoms with Crippen molar-refractivity contribution in [1.82, 2.24) is 9.88 Å². The minimum Gasteiger partial charge on any atom is -0.478 e. The van der Waals surface area contributed by atoms with Crippen molar-refractivity contribution in [1.29, 1.82) is 0 Å². The number of H-pyrrole nitrogens is 1. The Morgan fingerprint density at radius 2 is 2.00 bits per heavy atom. The number of aromatic nitrogens is 1. The number of hydrogen-bond acceptors (Lipinski definition) is 2. The van der Waals surface area contributed by atoms with Crippen LogP contribution in [0.2, 0.25) is 0 Å². The minimum atomic E-state index is -1.00. The van der Waals surface area contributed by atoms with Crippen LogP contribution in [0.1, 0.15) is 11.3 Å². The van der Waals surface area contributed by atoms with Gasteiger partial charge in [0, 0.05) is 38.1 Å². The van der Waals surface area contributed by atoms with E-state index in [2.05, 4.69) is 4.98 Å². The van der Waals surface area contributed by atoms with Gasteiger partial charge < -0.3 is 15.0 Å². The smallest absolute Gasteiger partial charge is 0.328 e. The molecule has 0 bridgehead atoms. The van der Waals surface area contributed by atoms with E-state index in [0.717, 1.165) is 11.6 Å². The third kappa shape index (κ3) is 4.38. The number of carboxylic acids is 1. The molecule has 1 heterocycles. The Morgan fingerprint density at radius 1 is 1.29 bits per heavy atom. The molecule has 1 aromatic heterocycles. The standard InChI is InChI=1S/C12H14N2O3/c1-14(2)11(15)5-3-9-7-10(13-8-9)4-6-12(16)17/h3-8,13H,1-2H3,(H,16,17). The second kappa shape index (κ2) is 5.69. The van der Waals surface area contributed by atoms with Crippen molar-refractivity contribution in [3.05, 3.63) is 35.7 Å². The predicted molar refractivity (Wildman–Crippen MR) is 65.2 cm³/mol. The third-order valence-electron chi connectivity index (χ3n) is 1.99. The summed E-state index contributed by atoms with van der Waals surface area (Å²) in [5.41, 5.74) is 1.48. The maximum atomic E-state index is 11.3. The molecule has 0 aliphatic rings. The van der Waals surface area contributed by atoms with Gasteiger partial charge in [0.15, 0.2) is 0 Å². The van der Waals surface area contributed by atoms with Gasteiger partial charge in [-0.15, -0.1) is 0 Å². The van der Waals surface area contributed by atoms with Gasteiger partial charge in [0.25, 0.3) is 0 Å². The average Bonchev–Trinajstić information content (AvgIpc) is 2.70. The maximum absolute atomic E-state index is 11.3. The lowest BCUT2D eigenvalue weighted by Gasteiger charge is -2.04. The zero-order valence-electron chi connectivity index (χ0n) is 9.68. The van der Waals surface area contributed by atoms with Crippen LogP contribution in [0.15, 0.2) is 24.4 Å². The lowest BCUT2D eigenvalue weighted by atomic mass is 10.2. The van der Waals surface area contributed by atoms with Crippen molar-refractivity contribution in [3.8, 4) is 0 Å². The fourth-order valence-electron chi connectivity index (χ4n) is 1.10. The zero-order chi connectivity index (χ0) is 12.8. The van der Waals surface area contributed by atoms with Crippen LogP contribution in [0, 0.1) is 0 Å². The van der Waals surface area contributed by atoms with E-state index in [-0.39, 0.29) is 5.91 Å². The third-order valence-corrected chi connectivity index (χ3v) is 1.99. The van der Waals surface area contributed by atoms with Crippen LogP contribution in [0.4, 0.5) is 0 Å². The van der Waals surface area contributed by atoms with Crippen LogP contribution in [-0.2, 0) is 9.59 Å². The average molecular weight is 234 g/mol. The van der Waals surface area contributed by atoms with Gasteiger partial charge in [-0.3, -0.25) is 4.79 Å². The summed E-state index contributed by atoms with van der Waals surface area (Å²) in [5, 5.41) is 8.45. The highest BCUT2D eigenvalue weighted by molar-refractivity contribution is 5.91. The van der Waals surface area contributed by atoms with Crippen LogP contribution in [0.25, 0.3) is 12.2 Å². The molecule has 5 nitrogen and oxygen atoms in total. The summed E-state index contributed by atoms with van der Waals surface area (Å²) in [6, 6.07) is 1.75. The Bertz CT molecular complexity index is 470. The molecule has 1 rings (SSSR count). The summed E-state index contributed by atoms with van der Waals surface area (Å²) in [6.07, 6.45) is 7.31. The molecule has 0 unspecified atom stereocenters. The Kier molecular flexibility index (Phi) is 4.28. The first kappa shape index (κ1) is 12.8. The number of hydrogen-bond donors (Lipinski definition) is 2. The summed E-state index contributed by atoms with van der Waals surface area (Å²) >= 11 is 0. The number of nitrogens with zero attached hydrogens (tertiary/aromatic N) is 1. The highest BCUT2D eigenvalue weighted by Gasteiger charge is 1.98. The maximum Gasteiger partial charge on any atom is 0.328 e. The number of aliphatic carboxylic acids is 1. The highest BCUT2D eigenvalue weighted by atomic mass is 16.4.